The molecule has 1 aliphatic rings. The largest absolute Gasteiger partial charge is 0.310 e. The summed E-state index contributed by atoms with van der Waals surface area (Å²) in [5, 5.41) is 12.2. The molecule has 3 nitrogen and oxygen atoms in total. The van der Waals surface area contributed by atoms with Crippen LogP contribution in [0.1, 0.15) is 30.0 Å². The zero-order valence-corrected chi connectivity index (χ0v) is 7.33. The summed E-state index contributed by atoms with van der Waals surface area (Å²) >= 11 is 0. The van der Waals surface area contributed by atoms with Gasteiger partial charge >= 0.3 is 0 Å². The fourth-order valence-electron chi connectivity index (χ4n) is 1.75. The van der Waals surface area contributed by atoms with E-state index in [4.69, 9.17) is 5.26 Å². The fraction of sp³-hybridized carbons (Fsp3) is 0.400. The van der Waals surface area contributed by atoms with E-state index in [1.54, 1.807) is 12.4 Å². The first-order valence-corrected chi connectivity index (χ1v) is 4.49. The van der Waals surface area contributed by atoms with Crippen molar-refractivity contribution in [1.82, 2.24) is 10.3 Å². The topological polar surface area (TPSA) is 48.7 Å². The molecule has 0 bridgehead atoms. The third-order valence-electron chi connectivity index (χ3n) is 2.41. The molecule has 2 rings (SSSR count). The van der Waals surface area contributed by atoms with E-state index in [2.05, 4.69) is 16.4 Å². The number of rotatable bonds is 1. The molecule has 66 valence electrons. The SMILES string of the molecule is N#Cc1cnccc1[C@H]1CCCN1. The molecule has 0 saturated carbocycles. The molecule has 1 aliphatic heterocycles. The molecule has 1 N–H and O–H groups in total. The number of nitrogens with one attached hydrogen (secondary N) is 1. The molecule has 0 amide bonds. The van der Waals surface area contributed by atoms with Crippen LogP contribution in [0.4, 0.5) is 0 Å². The van der Waals surface area contributed by atoms with Crippen LogP contribution in [0, 0.1) is 11.3 Å². The fourth-order valence-corrected chi connectivity index (χ4v) is 1.75. The van der Waals surface area contributed by atoms with Crippen LogP contribution in [0.2, 0.25) is 0 Å². The Morgan fingerprint density at radius 3 is 3.23 bits per heavy atom. The molecule has 0 unspecified atom stereocenters. The highest BCUT2D eigenvalue weighted by atomic mass is 14.9. The van der Waals surface area contributed by atoms with E-state index < -0.39 is 0 Å². The van der Waals surface area contributed by atoms with Crippen molar-refractivity contribution in [2.75, 3.05) is 6.54 Å². The first-order chi connectivity index (χ1) is 6.42. The summed E-state index contributed by atoms with van der Waals surface area (Å²) in [5.74, 6) is 0. The quantitative estimate of drug-likeness (QED) is 0.698. The summed E-state index contributed by atoms with van der Waals surface area (Å²) in [6, 6.07) is 4.46. The van der Waals surface area contributed by atoms with E-state index in [9.17, 15) is 0 Å². The smallest absolute Gasteiger partial charge is 0.101 e. The Labute approximate surface area is 77.4 Å². The summed E-state index contributed by atoms with van der Waals surface area (Å²) in [6.07, 6.45) is 5.70. The Morgan fingerprint density at radius 2 is 2.54 bits per heavy atom. The van der Waals surface area contributed by atoms with E-state index >= 15 is 0 Å². The Bertz CT molecular complexity index is 334. The Hall–Kier alpha value is -1.40. The van der Waals surface area contributed by atoms with Crippen LogP contribution in [0.5, 0.6) is 0 Å². The molecule has 13 heavy (non-hydrogen) atoms. The monoisotopic (exact) mass is 173 g/mol. The predicted octanol–water partition coefficient (Wildman–Crippen LogP) is 1.38. The van der Waals surface area contributed by atoms with Gasteiger partial charge in [0.2, 0.25) is 0 Å². The Kier molecular flexibility index (Phi) is 2.24. The van der Waals surface area contributed by atoms with Crippen LogP contribution >= 0.6 is 0 Å². The van der Waals surface area contributed by atoms with Crippen molar-refractivity contribution in [2.24, 2.45) is 0 Å². The van der Waals surface area contributed by atoms with Gasteiger partial charge in [0, 0.05) is 18.4 Å². The second-order valence-corrected chi connectivity index (χ2v) is 3.22. The second-order valence-electron chi connectivity index (χ2n) is 3.22. The van der Waals surface area contributed by atoms with Crippen molar-refractivity contribution >= 4 is 0 Å². The van der Waals surface area contributed by atoms with Gasteiger partial charge in [-0.2, -0.15) is 5.26 Å². The molecule has 1 saturated heterocycles. The lowest BCUT2D eigenvalue weighted by Crippen LogP contribution is -2.14. The van der Waals surface area contributed by atoms with Gasteiger partial charge in [0.05, 0.1) is 5.56 Å². The minimum atomic E-state index is 0.359. The molecule has 0 spiro atoms. The van der Waals surface area contributed by atoms with Crippen LogP contribution < -0.4 is 5.32 Å². The summed E-state index contributed by atoms with van der Waals surface area (Å²) in [5.41, 5.74) is 1.79. The molecule has 0 aromatic carbocycles. The normalized spacial score (nSPS) is 21.3. The van der Waals surface area contributed by atoms with E-state index in [1.165, 1.54) is 6.42 Å². The van der Waals surface area contributed by atoms with Crippen LogP contribution in [-0.2, 0) is 0 Å². The molecule has 1 atom stereocenters. The number of pyridine rings is 1. The predicted molar refractivity (Wildman–Crippen MR) is 48.9 cm³/mol. The first kappa shape index (κ1) is 8.21. The molecular formula is C10H11N3. The van der Waals surface area contributed by atoms with Crippen LogP contribution in [0.25, 0.3) is 0 Å². The van der Waals surface area contributed by atoms with E-state index in [0.29, 0.717) is 11.6 Å². The number of hydrogen-bond acceptors (Lipinski definition) is 3. The minimum absolute atomic E-state index is 0.359. The average molecular weight is 173 g/mol. The highest BCUT2D eigenvalue weighted by Gasteiger charge is 2.18. The van der Waals surface area contributed by atoms with Crippen molar-refractivity contribution in [3.8, 4) is 6.07 Å². The summed E-state index contributed by atoms with van der Waals surface area (Å²) in [4.78, 5) is 3.94. The standard InChI is InChI=1S/C10H11N3/c11-6-8-7-12-5-3-9(8)10-2-1-4-13-10/h3,5,7,10,13H,1-2,4H2/t10-/m1/s1. The van der Waals surface area contributed by atoms with Crippen molar-refractivity contribution < 1.29 is 0 Å². The molecule has 0 radical (unpaired) electrons. The Morgan fingerprint density at radius 1 is 1.62 bits per heavy atom. The van der Waals surface area contributed by atoms with E-state index in [-0.39, 0.29) is 0 Å². The third-order valence-corrected chi connectivity index (χ3v) is 2.41. The number of nitriles is 1. The molecule has 1 fully saturated rings. The van der Waals surface area contributed by atoms with Crippen molar-refractivity contribution in [2.45, 2.75) is 18.9 Å². The van der Waals surface area contributed by atoms with Crippen LogP contribution in [0.3, 0.4) is 0 Å². The zero-order chi connectivity index (χ0) is 9.10. The van der Waals surface area contributed by atoms with Gasteiger partial charge < -0.3 is 5.32 Å². The molecular weight excluding hydrogens is 162 g/mol. The van der Waals surface area contributed by atoms with Gasteiger partial charge in [0.15, 0.2) is 0 Å². The van der Waals surface area contributed by atoms with Gasteiger partial charge in [-0.1, -0.05) is 0 Å². The van der Waals surface area contributed by atoms with Crippen LogP contribution in [0.15, 0.2) is 18.5 Å². The van der Waals surface area contributed by atoms with Gasteiger partial charge in [-0.15, -0.1) is 0 Å². The van der Waals surface area contributed by atoms with Gasteiger partial charge in [-0.3, -0.25) is 4.98 Å². The average Bonchev–Trinajstić information content (AvgIpc) is 2.70. The van der Waals surface area contributed by atoms with E-state index in [1.807, 2.05) is 6.07 Å². The lowest BCUT2D eigenvalue weighted by Gasteiger charge is -2.10. The Balaban J connectivity index is 2.33. The molecule has 1 aromatic rings. The highest BCUT2D eigenvalue weighted by molar-refractivity contribution is 5.37. The van der Waals surface area contributed by atoms with Gasteiger partial charge in [-0.05, 0) is 31.0 Å². The molecule has 3 heteroatoms. The maximum Gasteiger partial charge on any atom is 0.101 e. The second kappa shape index (κ2) is 3.55. The lowest BCUT2D eigenvalue weighted by molar-refractivity contribution is 0.645. The first-order valence-electron chi connectivity index (χ1n) is 4.49. The number of hydrogen-bond donors (Lipinski definition) is 1. The highest BCUT2D eigenvalue weighted by Crippen LogP contribution is 2.24. The number of nitrogens with zero attached hydrogens (tertiary/aromatic N) is 2. The minimum Gasteiger partial charge on any atom is -0.310 e. The molecule has 0 aliphatic carbocycles. The third kappa shape index (κ3) is 1.53. The van der Waals surface area contributed by atoms with Gasteiger partial charge in [0.25, 0.3) is 0 Å². The summed E-state index contributed by atoms with van der Waals surface area (Å²) < 4.78 is 0. The number of aromatic nitrogens is 1. The van der Waals surface area contributed by atoms with Crippen molar-refractivity contribution in [3.05, 3.63) is 29.6 Å². The van der Waals surface area contributed by atoms with Gasteiger partial charge in [0.1, 0.15) is 6.07 Å². The van der Waals surface area contributed by atoms with Crippen molar-refractivity contribution in [3.63, 3.8) is 0 Å². The van der Waals surface area contributed by atoms with Crippen molar-refractivity contribution in [1.29, 1.82) is 5.26 Å². The maximum absolute atomic E-state index is 8.86. The molecule has 1 aromatic heterocycles. The van der Waals surface area contributed by atoms with E-state index in [0.717, 1.165) is 18.5 Å². The van der Waals surface area contributed by atoms with Gasteiger partial charge in [-0.25, -0.2) is 0 Å². The zero-order valence-electron chi connectivity index (χ0n) is 7.33. The molecule has 2 heterocycles. The maximum atomic E-state index is 8.86. The van der Waals surface area contributed by atoms with Crippen LogP contribution in [-0.4, -0.2) is 11.5 Å². The lowest BCUT2D eigenvalue weighted by atomic mass is 10.0. The summed E-state index contributed by atoms with van der Waals surface area (Å²) in [7, 11) is 0. The summed E-state index contributed by atoms with van der Waals surface area (Å²) in [6.45, 7) is 1.05.